The highest BCUT2D eigenvalue weighted by atomic mass is 19.4. The summed E-state index contributed by atoms with van der Waals surface area (Å²) in [5.74, 6) is 0. The van der Waals surface area contributed by atoms with Gasteiger partial charge in [0.15, 0.2) is 0 Å². The maximum Gasteiger partial charge on any atom is 0.416 e. The van der Waals surface area contributed by atoms with E-state index in [-0.39, 0.29) is 18.4 Å². The van der Waals surface area contributed by atoms with Gasteiger partial charge >= 0.3 is 12.4 Å². The molecular formula is C17H18F6N4. The summed E-state index contributed by atoms with van der Waals surface area (Å²) < 4.78 is 82.3. The number of hydrogen-bond donors (Lipinski definition) is 1. The highest BCUT2D eigenvalue weighted by molar-refractivity contribution is 5.34. The normalized spacial score (nSPS) is 27.0. The zero-order valence-electron chi connectivity index (χ0n) is 14.6. The molecule has 1 aromatic carbocycles. The Morgan fingerprint density at radius 3 is 2.19 bits per heavy atom. The molecule has 148 valence electrons. The number of benzene rings is 1. The van der Waals surface area contributed by atoms with Crippen molar-refractivity contribution in [3.63, 3.8) is 0 Å². The maximum atomic E-state index is 14.2. The third-order valence-corrected chi connectivity index (χ3v) is 4.98. The lowest BCUT2D eigenvalue weighted by molar-refractivity contribution is -0.204. The van der Waals surface area contributed by atoms with Crippen molar-refractivity contribution >= 4 is 0 Å². The summed E-state index contributed by atoms with van der Waals surface area (Å²) in [6, 6.07) is 2.03. The van der Waals surface area contributed by atoms with Gasteiger partial charge < -0.3 is 5.32 Å². The van der Waals surface area contributed by atoms with Crippen molar-refractivity contribution in [1.82, 2.24) is 20.3 Å². The average Bonchev–Trinajstić information content (AvgIpc) is 2.99. The fourth-order valence-electron chi connectivity index (χ4n) is 3.74. The minimum absolute atomic E-state index is 0.176. The standard InChI is InChI=1S/C17H18F6N4/c1-10-7-15(17(21,22)23,8-13(24-10)14-9-27(2)26-25-14)11-3-5-12(6-4-11)16(18,19)20/h3-6,9-10,13,24H,7-8H2,1-2H3/t10-,13-,15-/m0/s1. The van der Waals surface area contributed by atoms with Crippen LogP contribution >= 0.6 is 0 Å². The van der Waals surface area contributed by atoms with E-state index in [9.17, 15) is 26.3 Å². The largest absolute Gasteiger partial charge is 0.416 e. The molecule has 0 unspecified atom stereocenters. The minimum atomic E-state index is -4.64. The molecule has 1 aliphatic rings. The number of rotatable bonds is 2. The van der Waals surface area contributed by atoms with Gasteiger partial charge in [-0.15, -0.1) is 5.10 Å². The highest BCUT2D eigenvalue weighted by Gasteiger charge is 2.59. The summed E-state index contributed by atoms with van der Waals surface area (Å²) in [6.45, 7) is 1.62. The Balaban J connectivity index is 2.04. The number of nitrogens with zero attached hydrogens (tertiary/aromatic N) is 3. The SMILES string of the molecule is C[C@H]1C[C@](c2ccc(C(F)(F)F)cc2)(C(F)(F)F)C[C@@H](c2cn(C)nn2)N1. The Bertz CT molecular complexity index is 795. The second kappa shape index (κ2) is 6.50. The molecular weight excluding hydrogens is 374 g/mol. The van der Waals surface area contributed by atoms with Crippen LogP contribution in [-0.2, 0) is 18.6 Å². The van der Waals surface area contributed by atoms with Crippen LogP contribution in [0.5, 0.6) is 0 Å². The van der Waals surface area contributed by atoms with Crippen LogP contribution in [0, 0.1) is 0 Å². The molecule has 0 aliphatic carbocycles. The van der Waals surface area contributed by atoms with Crippen LogP contribution in [0.4, 0.5) is 26.3 Å². The van der Waals surface area contributed by atoms with Crippen molar-refractivity contribution in [2.24, 2.45) is 7.05 Å². The van der Waals surface area contributed by atoms with E-state index < -0.39 is 35.4 Å². The molecule has 4 nitrogen and oxygen atoms in total. The molecule has 3 atom stereocenters. The van der Waals surface area contributed by atoms with Gasteiger partial charge in [0.1, 0.15) is 0 Å². The molecule has 1 N–H and O–H groups in total. The molecule has 1 fully saturated rings. The van der Waals surface area contributed by atoms with Gasteiger partial charge in [-0.25, -0.2) is 0 Å². The van der Waals surface area contributed by atoms with Gasteiger partial charge in [-0.2, -0.15) is 26.3 Å². The molecule has 2 heterocycles. The topological polar surface area (TPSA) is 42.7 Å². The molecule has 0 bridgehead atoms. The van der Waals surface area contributed by atoms with Crippen LogP contribution in [0.3, 0.4) is 0 Å². The van der Waals surface area contributed by atoms with Crippen LogP contribution in [0.25, 0.3) is 0 Å². The molecule has 1 aliphatic heterocycles. The Morgan fingerprint density at radius 2 is 1.70 bits per heavy atom. The molecule has 3 rings (SSSR count). The lowest BCUT2D eigenvalue weighted by Crippen LogP contribution is -2.54. The Hall–Kier alpha value is -2.10. The van der Waals surface area contributed by atoms with Gasteiger partial charge in [-0.3, -0.25) is 4.68 Å². The number of alkyl halides is 6. The van der Waals surface area contributed by atoms with E-state index in [1.807, 2.05) is 0 Å². The summed E-state index contributed by atoms with van der Waals surface area (Å²) in [4.78, 5) is 0. The molecule has 10 heteroatoms. The number of piperidine rings is 1. The van der Waals surface area contributed by atoms with Crippen molar-refractivity contribution in [2.45, 2.75) is 49.6 Å². The second-order valence-corrected chi connectivity index (χ2v) is 7.00. The number of halogens is 6. The average molecular weight is 392 g/mol. The third-order valence-electron chi connectivity index (χ3n) is 4.98. The molecule has 0 amide bonds. The predicted molar refractivity (Wildman–Crippen MR) is 84.8 cm³/mol. The number of hydrogen-bond acceptors (Lipinski definition) is 3. The van der Waals surface area contributed by atoms with E-state index in [1.165, 1.54) is 10.9 Å². The van der Waals surface area contributed by atoms with Crippen molar-refractivity contribution in [3.05, 3.63) is 47.3 Å². The van der Waals surface area contributed by atoms with Crippen LogP contribution in [0.15, 0.2) is 30.5 Å². The molecule has 27 heavy (non-hydrogen) atoms. The first kappa shape index (κ1) is 19.7. The van der Waals surface area contributed by atoms with Gasteiger partial charge in [0.05, 0.1) is 22.7 Å². The van der Waals surface area contributed by atoms with Crippen LogP contribution in [0.1, 0.15) is 42.6 Å². The minimum Gasteiger partial charge on any atom is -0.306 e. The number of aromatic nitrogens is 3. The van der Waals surface area contributed by atoms with E-state index in [1.54, 1.807) is 14.0 Å². The number of aryl methyl sites for hydroxylation is 1. The first-order chi connectivity index (χ1) is 12.4. The van der Waals surface area contributed by atoms with Crippen molar-refractivity contribution in [1.29, 1.82) is 0 Å². The first-order valence-electron chi connectivity index (χ1n) is 8.29. The predicted octanol–water partition coefficient (Wildman–Crippen LogP) is 4.15. The molecule has 0 radical (unpaired) electrons. The van der Waals surface area contributed by atoms with Crippen LogP contribution in [-0.4, -0.2) is 27.2 Å². The Labute approximate surface area is 151 Å². The van der Waals surface area contributed by atoms with Gasteiger partial charge in [-0.1, -0.05) is 17.3 Å². The summed E-state index contributed by atoms with van der Waals surface area (Å²) >= 11 is 0. The highest BCUT2D eigenvalue weighted by Crippen LogP contribution is 2.52. The van der Waals surface area contributed by atoms with Crippen molar-refractivity contribution < 1.29 is 26.3 Å². The Kier molecular flexibility index (Phi) is 4.73. The van der Waals surface area contributed by atoms with Crippen LogP contribution < -0.4 is 5.32 Å². The fraction of sp³-hybridized carbons (Fsp3) is 0.529. The maximum absolute atomic E-state index is 14.2. The molecule has 1 saturated heterocycles. The summed E-state index contributed by atoms with van der Waals surface area (Å²) in [7, 11) is 1.61. The zero-order valence-corrected chi connectivity index (χ0v) is 14.6. The van der Waals surface area contributed by atoms with Crippen molar-refractivity contribution in [2.75, 3.05) is 0 Å². The first-order valence-corrected chi connectivity index (χ1v) is 8.29. The molecule has 1 aromatic heterocycles. The van der Waals surface area contributed by atoms with E-state index in [0.29, 0.717) is 17.8 Å². The summed E-state index contributed by atoms with van der Waals surface area (Å²) in [6.07, 6.45) is -8.36. The number of nitrogens with one attached hydrogen (secondary N) is 1. The Morgan fingerprint density at radius 1 is 1.07 bits per heavy atom. The fourth-order valence-corrected chi connectivity index (χ4v) is 3.74. The van der Waals surface area contributed by atoms with E-state index >= 15 is 0 Å². The lowest BCUT2D eigenvalue weighted by atomic mass is 9.67. The smallest absolute Gasteiger partial charge is 0.306 e. The molecule has 0 saturated carbocycles. The van der Waals surface area contributed by atoms with E-state index in [4.69, 9.17) is 0 Å². The third kappa shape index (κ3) is 3.67. The quantitative estimate of drug-likeness (QED) is 0.781. The monoisotopic (exact) mass is 392 g/mol. The second-order valence-electron chi connectivity index (χ2n) is 7.00. The molecule has 0 spiro atoms. The summed E-state index contributed by atoms with van der Waals surface area (Å²) in [5.41, 5.74) is -3.06. The van der Waals surface area contributed by atoms with E-state index in [2.05, 4.69) is 15.6 Å². The van der Waals surface area contributed by atoms with Gasteiger partial charge in [0.2, 0.25) is 0 Å². The zero-order chi connectivity index (χ0) is 20.0. The van der Waals surface area contributed by atoms with Crippen molar-refractivity contribution in [3.8, 4) is 0 Å². The van der Waals surface area contributed by atoms with Gasteiger partial charge in [0, 0.05) is 19.3 Å². The summed E-state index contributed by atoms with van der Waals surface area (Å²) in [5, 5.41) is 10.7. The van der Waals surface area contributed by atoms with Gasteiger partial charge in [-0.05, 0) is 37.5 Å². The van der Waals surface area contributed by atoms with Crippen LogP contribution in [0.2, 0.25) is 0 Å². The molecule has 2 aromatic rings. The van der Waals surface area contributed by atoms with Gasteiger partial charge in [0.25, 0.3) is 0 Å². The van der Waals surface area contributed by atoms with E-state index in [0.717, 1.165) is 12.1 Å². The lowest BCUT2D eigenvalue weighted by Gasteiger charge is -2.45.